The molecule has 7 nitrogen and oxygen atoms in total. The van der Waals surface area contributed by atoms with Gasteiger partial charge in [0.15, 0.2) is 0 Å². The average Bonchev–Trinajstić information content (AvgIpc) is 3.17. The van der Waals surface area contributed by atoms with Gasteiger partial charge in [-0.15, -0.1) is 11.3 Å². The molecule has 0 spiro atoms. The highest BCUT2D eigenvalue weighted by Crippen LogP contribution is 2.21. The number of nitrogens with two attached hydrogens (primary N) is 1. The first-order chi connectivity index (χ1) is 11.2. The van der Waals surface area contributed by atoms with Crippen molar-refractivity contribution in [2.75, 3.05) is 29.9 Å². The molecule has 1 aliphatic rings. The zero-order valence-electron chi connectivity index (χ0n) is 12.4. The molecular formula is C15H17N5O2S. The summed E-state index contributed by atoms with van der Waals surface area (Å²) in [6.07, 6.45) is 0.664. The van der Waals surface area contributed by atoms with Crippen LogP contribution in [0.5, 0.6) is 0 Å². The zero-order chi connectivity index (χ0) is 16.2. The zero-order valence-corrected chi connectivity index (χ0v) is 13.2. The third-order valence-electron chi connectivity index (χ3n) is 3.42. The smallest absolute Gasteiger partial charge is 0.321 e. The Morgan fingerprint density at radius 2 is 2.35 bits per heavy atom. The highest BCUT2D eigenvalue weighted by molar-refractivity contribution is 7.09. The van der Waals surface area contributed by atoms with E-state index in [4.69, 9.17) is 5.73 Å². The van der Waals surface area contributed by atoms with Crippen LogP contribution < -0.4 is 21.3 Å². The molecule has 3 amide bonds. The first-order valence-corrected chi connectivity index (χ1v) is 8.16. The number of nitrogens with zero attached hydrogens (tertiary/aromatic N) is 2. The van der Waals surface area contributed by atoms with Gasteiger partial charge in [-0.25, -0.2) is 9.78 Å². The molecule has 0 radical (unpaired) electrons. The Labute approximate surface area is 137 Å². The van der Waals surface area contributed by atoms with Crippen molar-refractivity contribution in [1.82, 2.24) is 10.3 Å². The quantitative estimate of drug-likeness (QED) is 0.771. The molecule has 1 fully saturated rings. The Hall–Kier alpha value is -2.45. The molecule has 1 saturated heterocycles. The lowest BCUT2D eigenvalue weighted by Gasteiger charge is -2.15. The fourth-order valence-corrected chi connectivity index (χ4v) is 3.11. The van der Waals surface area contributed by atoms with Crippen LogP contribution in [0.3, 0.4) is 0 Å². The van der Waals surface area contributed by atoms with Gasteiger partial charge in [0.1, 0.15) is 5.69 Å². The predicted molar refractivity (Wildman–Crippen MR) is 90.0 cm³/mol. The van der Waals surface area contributed by atoms with Gasteiger partial charge in [-0.1, -0.05) is 6.07 Å². The average molecular weight is 331 g/mol. The number of nitrogens with one attached hydrogen (secondary N) is 2. The van der Waals surface area contributed by atoms with Gasteiger partial charge in [-0.3, -0.25) is 9.69 Å². The van der Waals surface area contributed by atoms with Crippen LogP contribution >= 0.6 is 11.3 Å². The van der Waals surface area contributed by atoms with Crippen molar-refractivity contribution in [2.24, 2.45) is 5.73 Å². The van der Waals surface area contributed by atoms with Crippen LogP contribution in [0.4, 0.5) is 16.2 Å². The number of amides is 3. The van der Waals surface area contributed by atoms with E-state index in [0.717, 1.165) is 10.7 Å². The fourth-order valence-electron chi connectivity index (χ4n) is 2.32. The molecule has 8 heteroatoms. The summed E-state index contributed by atoms with van der Waals surface area (Å²) in [5.74, 6) is -0.271. The molecule has 23 heavy (non-hydrogen) atoms. The molecule has 120 valence electrons. The third kappa shape index (κ3) is 3.49. The van der Waals surface area contributed by atoms with Crippen molar-refractivity contribution in [3.8, 4) is 0 Å². The van der Waals surface area contributed by atoms with E-state index in [2.05, 4.69) is 15.6 Å². The lowest BCUT2D eigenvalue weighted by molar-refractivity contribution is 0.102. The van der Waals surface area contributed by atoms with Gasteiger partial charge in [0.2, 0.25) is 0 Å². The van der Waals surface area contributed by atoms with Gasteiger partial charge in [0, 0.05) is 36.3 Å². The van der Waals surface area contributed by atoms with E-state index in [1.807, 2.05) is 6.07 Å². The van der Waals surface area contributed by atoms with E-state index in [1.165, 1.54) is 11.3 Å². The molecule has 0 atom stereocenters. The number of carbonyl (C=O) groups is 2. The first-order valence-electron chi connectivity index (χ1n) is 7.28. The van der Waals surface area contributed by atoms with Crippen molar-refractivity contribution in [3.63, 3.8) is 0 Å². The van der Waals surface area contributed by atoms with Crippen molar-refractivity contribution in [3.05, 3.63) is 40.3 Å². The van der Waals surface area contributed by atoms with E-state index in [1.54, 1.807) is 28.5 Å². The van der Waals surface area contributed by atoms with E-state index >= 15 is 0 Å². The predicted octanol–water partition coefficient (Wildman–Crippen LogP) is 1.43. The number of hydrogen-bond acceptors (Lipinski definition) is 5. The molecule has 0 bridgehead atoms. The lowest BCUT2D eigenvalue weighted by atomic mass is 10.2. The minimum atomic E-state index is -0.271. The number of benzene rings is 1. The van der Waals surface area contributed by atoms with E-state index in [-0.39, 0.29) is 11.9 Å². The Kier molecular flexibility index (Phi) is 4.54. The second-order valence-electron chi connectivity index (χ2n) is 5.05. The summed E-state index contributed by atoms with van der Waals surface area (Å²) < 4.78 is 0. The highest BCUT2D eigenvalue weighted by Gasteiger charge is 2.21. The highest BCUT2D eigenvalue weighted by atomic mass is 32.1. The Morgan fingerprint density at radius 1 is 1.48 bits per heavy atom. The monoisotopic (exact) mass is 331 g/mol. The number of urea groups is 1. The van der Waals surface area contributed by atoms with Crippen LogP contribution in [-0.4, -0.2) is 36.6 Å². The third-order valence-corrected chi connectivity index (χ3v) is 4.32. The number of anilines is 2. The topological polar surface area (TPSA) is 100 Å². The van der Waals surface area contributed by atoms with E-state index in [0.29, 0.717) is 37.4 Å². The maximum Gasteiger partial charge on any atom is 0.321 e. The van der Waals surface area contributed by atoms with Crippen LogP contribution in [0.15, 0.2) is 29.6 Å². The summed E-state index contributed by atoms with van der Waals surface area (Å²) in [7, 11) is 0. The van der Waals surface area contributed by atoms with Crippen LogP contribution in [0.2, 0.25) is 0 Å². The van der Waals surface area contributed by atoms with Gasteiger partial charge in [-0.2, -0.15) is 0 Å². The van der Waals surface area contributed by atoms with Crippen molar-refractivity contribution in [2.45, 2.75) is 6.42 Å². The first kappa shape index (κ1) is 15.4. The fraction of sp³-hybridized carbons (Fsp3) is 0.267. The largest absolute Gasteiger partial charge is 0.336 e. The SMILES string of the molecule is NCCc1nc(C(=O)Nc2cccc(N3CCNC3=O)c2)cs1. The Balaban J connectivity index is 1.72. The minimum absolute atomic E-state index is 0.126. The molecule has 0 aliphatic carbocycles. The van der Waals surface area contributed by atoms with Gasteiger partial charge in [-0.05, 0) is 24.7 Å². The summed E-state index contributed by atoms with van der Waals surface area (Å²) in [6, 6.07) is 7.07. The number of rotatable bonds is 5. The van der Waals surface area contributed by atoms with Gasteiger partial charge in [0.05, 0.1) is 5.01 Å². The van der Waals surface area contributed by atoms with E-state index < -0.39 is 0 Å². The normalized spacial score (nSPS) is 14.0. The van der Waals surface area contributed by atoms with Crippen LogP contribution in [0.1, 0.15) is 15.5 Å². The van der Waals surface area contributed by atoms with Crippen molar-refractivity contribution >= 4 is 34.6 Å². The summed E-state index contributed by atoms with van der Waals surface area (Å²) in [6.45, 7) is 1.75. The number of hydrogen-bond donors (Lipinski definition) is 3. The maximum absolute atomic E-state index is 12.2. The summed E-state index contributed by atoms with van der Waals surface area (Å²) in [5.41, 5.74) is 7.24. The number of carbonyl (C=O) groups excluding carboxylic acids is 2. The summed E-state index contributed by atoms with van der Waals surface area (Å²) in [4.78, 5) is 29.8. The van der Waals surface area contributed by atoms with Gasteiger partial charge < -0.3 is 16.4 Å². The molecule has 2 aromatic rings. The number of thiazole rings is 1. The standard InChI is InChI=1S/C15H17N5O2S/c16-5-4-13-19-12(9-23-13)14(21)18-10-2-1-3-11(8-10)20-7-6-17-15(20)22/h1-3,8-9H,4-7,16H2,(H,17,22)(H,18,21). The second-order valence-corrected chi connectivity index (χ2v) is 6.00. The van der Waals surface area contributed by atoms with Crippen molar-refractivity contribution < 1.29 is 9.59 Å². The lowest BCUT2D eigenvalue weighted by Crippen LogP contribution is -2.27. The van der Waals surface area contributed by atoms with Crippen LogP contribution in [0, 0.1) is 0 Å². The molecule has 0 unspecified atom stereocenters. The molecular weight excluding hydrogens is 314 g/mol. The van der Waals surface area contributed by atoms with Gasteiger partial charge in [0.25, 0.3) is 5.91 Å². The summed E-state index contributed by atoms with van der Waals surface area (Å²) in [5, 5.41) is 8.13. The van der Waals surface area contributed by atoms with Crippen LogP contribution in [-0.2, 0) is 6.42 Å². The molecule has 4 N–H and O–H groups in total. The molecule has 1 aromatic heterocycles. The Morgan fingerprint density at radius 3 is 3.09 bits per heavy atom. The Bertz CT molecular complexity index is 730. The minimum Gasteiger partial charge on any atom is -0.336 e. The molecule has 1 aliphatic heterocycles. The molecule has 3 rings (SSSR count). The summed E-state index contributed by atoms with van der Waals surface area (Å²) >= 11 is 1.42. The number of aromatic nitrogens is 1. The van der Waals surface area contributed by atoms with Crippen LogP contribution in [0.25, 0.3) is 0 Å². The van der Waals surface area contributed by atoms with E-state index in [9.17, 15) is 9.59 Å². The second kappa shape index (κ2) is 6.76. The maximum atomic E-state index is 12.2. The molecule has 0 saturated carbocycles. The molecule has 2 heterocycles. The molecule has 1 aromatic carbocycles. The van der Waals surface area contributed by atoms with Crippen molar-refractivity contribution in [1.29, 1.82) is 0 Å². The van der Waals surface area contributed by atoms with Gasteiger partial charge >= 0.3 is 6.03 Å².